The number of oxime groups is 1. The standard InChI is InChI=1S/C22H14Cl2N2O4/c23-16-11-6-10-15(19(16)24)22-18(21(27)13-7-2-1-3-8-13)20(25-30-22)14-9-4-5-12-17(14)26(28)29/h1-12,18,22H/t18-,22-/m0/s1. The van der Waals surface area contributed by atoms with Gasteiger partial charge < -0.3 is 4.84 Å². The Labute approximate surface area is 181 Å². The van der Waals surface area contributed by atoms with E-state index in [0.29, 0.717) is 16.1 Å². The van der Waals surface area contributed by atoms with Gasteiger partial charge in [0.2, 0.25) is 0 Å². The molecule has 3 aromatic rings. The molecule has 6 nitrogen and oxygen atoms in total. The van der Waals surface area contributed by atoms with Gasteiger partial charge in [-0.3, -0.25) is 14.9 Å². The third-order valence-electron chi connectivity index (χ3n) is 4.87. The summed E-state index contributed by atoms with van der Waals surface area (Å²) in [5.74, 6) is -1.23. The van der Waals surface area contributed by atoms with Crippen LogP contribution in [0.4, 0.5) is 5.69 Å². The van der Waals surface area contributed by atoms with Gasteiger partial charge in [0.25, 0.3) is 5.69 Å². The van der Waals surface area contributed by atoms with E-state index in [1.165, 1.54) is 6.07 Å². The third kappa shape index (κ3) is 3.56. The molecule has 0 fully saturated rings. The molecule has 4 rings (SSSR count). The molecule has 0 aromatic heterocycles. The minimum Gasteiger partial charge on any atom is -0.386 e. The highest BCUT2D eigenvalue weighted by atomic mass is 35.5. The summed E-state index contributed by atoms with van der Waals surface area (Å²) in [6.45, 7) is 0. The summed E-state index contributed by atoms with van der Waals surface area (Å²) >= 11 is 12.5. The Balaban J connectivity index is 1.86. The van der Waals surface area contributed by atoms with Crippen LogP contribution < -0.4 is 0 Å². The van der Waals surface area contributed by atoms with E-state index in [-0.39, 0.29) is 27.8 Å². The van der Waals surface area contributed by atoms with Crippen molar-refractivity contribution >= 4 is 40.4 Å². The average molecular weight is 441 g/mol. The number of hydrogen-bond acceptors (Lipinski definition) is 5. The van der Waals surface area contributed by atoms with Crippen LogP contribution >= 0.6 is 23.2 Å². The SMILES string of the molecule is O=C(c1ccccc1)[C@@H]1C(c2ccccc2[N+](=O)[O-])=NO[C@H]1c1cccc(Cl)c1Cl. The van der Waals surface area contributed by atoms with E-state index in [0.717, 1.165) is 0 Å². The number of carbonyl (C=O) groups excluding carboxylic acids is 1. The van der Waals surface area contributed by atoms with E-state index in [4.69, 9.17) is 28.0 Å². The van der Waals surface area contributed by atoms with E-state index >= 15 is 0 Å². The summed E-state index contributed by atoms with van der Waals surface area (Å²) in [4.78, 5) is 30.2. The Morgan fingerprint density at radius 3 is 2.40 bits per heavy atom. The minimum atomic E-state index is -0.940. The molecule has 0 unspecified atom stereocenters. The van der Waals surface area contributed by atoms with E-state index in [9.17, 15) is 14.9 Å². The zero-order valence-electron chi connectivity index (χ0n) is 15.4. The number of carbonyl (C=O) groups is 1. The Morgan fingerprint density at radius 1 is 0.967 bits per heavy atom. The van der Waals surface area contributed by atoms with E-state index < -0.39 is 16.9 Å². The molecule has 0 saturated heterocycles. The van der Waals surface area contributed by atoms with Crippen molar-refractivity contribution in [2.75, 3.05) is 0 Å². The van der Waals surface area contributed by atoms with Crippen LogP contribution in [0, 0.1) is 16.0 Å². The van der Waals surface area contributed by atoms with Crippen molar-refractivity contribution in [1.29, 1.82) is 0 Å². The van der Waals surface area contributed by atoms with Crippen LogP contribution in [0.1, 0.15) is 27.6 Å². The molecule has 3 aromatic carbocycles. The predicted octanol–water partition coefficient (Wildman–Crippen LogP) is 5.88. The lowest BCUT2D eigenvalue weighted by Crippen LogP contribution is -2.28. The molecule has 0 bridgehead atoms. The van der Waals surface area contributed by atoms with Crippen molar-refractivity contribution in [2.45, 2.75) is 6.10 Å². The molecule has 0 N–H and O–H groups in total. The first kappa shape index (κ1) is 20.1. The summed E-state index contributed by atoms with van der Waals surface area (Å²) in [7, 11) is 0. The Hall–Kier alpha value is -3.22. The van der Waals surface area contributed by atoms with Crippen molar-refractivity contribution in [3.8, 4) is 0 Å². The van der Waals surface area contributed by atoms with Crippen LogP contribution in [0.2, 0.25) is 10.0 Å². The Bertz CT molecular complexity index is 1160. The molecular weight excluding hydrogens is 427 g/mol. The lowest BCUT2D eigenvalue weighted by atomic mass is 9.82. The lowest BCUT2D eigenvalue weighted by Gasteiger charge is -2.20. The summed E-state index contributed by atoms with van der Waals surface area (Å²) in [5, 5.41) is 16.2. The number of nitro groups is 1. The number of rotatable bonds is 5. The fourth-order valence-corrected chi connectivity index (χ4v) is 3.88. The number of halogens is 2. The highest BCUT2D eigenvalue weighted by Gasteiger charge is 2.44. The van der Waals surface area contributed by atoms with Gasteiger partial charge in [0.05, 0.1) is 20.5 Å². The highest BCUT2D eigenvalue weighted by molar-refractivity contribution is 6.42. The number of nitrogens with zero attached hydrogens (tertiary/aromatic N) is 2. The molecule has 0 spiro atoms. The summed E-state index contributed by atoms with van der Waals surface area (Å²) in [6, 6.07) is 19.8. The number of nitro benzene ring substituents is 1. The molecule has 0 radical (unpaired) electrons. The smallest absolute Gasteiger partial charge is 0.278 e. The Kier molecular flexibility index (Phi) is 5.53. The molecule has 1 aliphatic rings. The second kappa shape index (κ2) is 8.26. The second-order valence-corrected chi connectivity index (χ2v) is 7.41. The molecule has 150 valence electrons. The monoisotopic (exact) mass is 440 g/mol. The van der Waals surface area contributed by atoms with Crippen LogP contribution in [-0.4, -0.2) is 16.4 Å². The zero-order chi connectivity index (χ0) is 21.3. The molecule has 2 atom stereocenters. The van der Waals surface area contributed by atoms with Crippen molar-refractivity contribution in [3.05, 3.63) is 110 Å². The van der Waals surface area contributed by atoms with Crippen molar-refractivity contribution in [1.82, 2.24) is 0 Å². The average Bonchev–Trinajstić information content (AvgIpc) is 3.20. The fourth-order valence-electron chi connectivity index (χ4n) is 3.46. The van der Waals surface area contributed by atoms with E-state index in [1.54, 1.807) is 66.7 Å². The van der Waals surface area contributed by atoms with Gasteiger partial charge in [-0.25, -0.2) is 0 Å². The van der Waals surface area contributed by atoms with Crippen LogP contribution in [-0.2, 0) is 4.84 Å². The maximum atomic E-state index is 13.5. The second-order valence-electron chi connectivity index (χ2n) is 6.63. The molecule has 0 amide bonds. The minimum absolute atomic E-state index is 0.163. The van der Waals surface area contributed by atoms with Crippen LogP contribution in [0.5, 0.6) is 0 Å². The van der Waals surface area contributed by atoms with Gasteiger partial charge in [-0.2, -0.15) is 0 Å². The lowest BCUT2D eigenvalue weighted by molar-refractivity contribution is -0.385. The first-order valence-electron chi connectivity index (χ1n) is 8.99. The van der Waals surface area contributed by atoms with E-state index in [2.05, 4.69) is 5.16 Å². The van der Waals surface area contributed by atoms with Gasteiger partial charge in [-0.15, -0.1) is 0 Å². The van der Waals surface area contributed by atoms with Crippen molar-refractivity contribution < 1.29 is 14.6 Å². The van der Waals surface area contributed by atoms with Gasteiger partial charge in [0.15, 0.2) is 11.9 Å². The first-order chi connectivity index (χ1) is 14.5. The number of hydrogen-bond donors (Lipinski definition) is 0. The molecule has 1 aliphatic heterocycles. The maximum absolute atomic E-state index is 13.5. The van der Waals surface area contributed by atoms with Gasteiger partial charge >= 0.3 is 0 Å². The number of ketones is 1. The van der Waals surface area contributed by atoms with Crippen LogP contribution in [0.25, 0.3) is 0 Å². The highest BCUT2D eigenvalue weighted by Crippen LogP contribution is 2.42. The molecular formula is C22H14Cl2N2O4. The number of para-hydroxylation sites is 1. The third-order valence-corrected chi connectivity index (χ3v) is 5.70. The molecule has 1 heterocycles. The summed E-state index contributed by atoms with van der Waals surface area (Å²) in [5.41, 5.74) is 1.15. The molecule has 0 aliphatic carbocycles. The molecule has 30 heavy (non-hydrogen) atoms. The van der Waals surface area contributed by atoms with Gasteiger partial charge in [0.1, 0.15) is 11.6 Å². The predicted molar refractivity (Wildman–Crippen MR) is 114 cm³/mol. The number of Topliss-reactive ketones (excluding diaryl/α,β-unsaturated/α-hetero) is 1. The van der Waals surface area contributed by atoms with Crippen LogP contribution in [0.3, 0.4) is 0 Å². The largest absolute Gasteiger partial charge is 0.386 e. The van der Waals surface area contributed by atoms with E-state index in [1.807, 2.05) is 0 Å². The zero-order valence-corrected chi connectivity index (χ0v) is 16.9. The van der Waals surface area contributed by atoms with Crippen molar-refractivity contribution in [3.63, 3.8) is 0 Å². The fraction of sp³-hybridized carbons (Fsp3) is 0.0909. The first-order valence-corrected chi connectivity index (χ1v) is 9.75. The van der Waals surface area contributed by atoms with Gasteiger partial charge in [-0.05, 0) is 12.1 Å². The molecule has 8 heteroatoms. The topological polar surface area (TPSA) is 81.8 Å². The van der Waals surface area contributed by atoms with Gasteiger partial charge in [-0.1, -0.05) is 83.0 Å². The maximum Gasteiger partial charge on any atom is 0.278 e. The number of benzene rings is 3. The molecule has 0 saturated carbocycles. The summed E-state index contributed by atoms with van der Waals surface area (Å²) in [6.07, 6.45) is -0.876. The van der Waals surface area contributed by atoms with Crippen LogP contribution in [0.15, 0.2) is 78.0 Å². The van der Waals surface area contributed by atoms with Gasteiger partial charge in [0, 0.05) is 17.2 Å². The van der Waals surface area contributed by atoms with Crippen molar-refractivity contribution in [2.24, 2.45) is 11.1 Å². The normalized spacial score (nSPS) is 17.9. The Morgan fingerprint density at radius 2 is 1.67 bits per heavy atom. The quantitative estimate of drug-likeness (QED) is 0.282. The summed E-state index contributed by atoms with van der Waals surface area (Å²) < 4.78 is 0.